The van der Waals surface area contributed by atoms with Crippen molar-refractivity contribution in [1.29, 1.82) is 0 Å². The molecule has 2 N–H and O–H groups in total. The number of hydrogen-bond donors (Lipinski definition) is 1. The van der Waals surface area contributed by atoms with Gasteiger partial charge in [0, 0.05) is 25.2 Å². The second-order valence-electron chi connectivity index (χ2n) is 4.97. The molecule has 0 radical (unpaired) electrons. The lowest BCUT2D eigenvalue weighted by Crippen LogP contribution is -2.49. The highest BCUT2D eigenvalue weighted by atomic mass is 16.6. The van der Waals surface area contributed by atoms with Gasteiger partial charge in [0.15, 0.2) is 6.10 Å². The molecule has 0 bridgehead atoms. The molecule has 0 aromatic heterocycles. The standard InChI is InChI=1S/C13H17N3O4/c1-8(2)12-13(17)15(6-5-14)10-7-9(16(18)19)3-4-11(10)20-12/h3-4,7-8,12H,5-6,14H2,1-2H3. The van der Waals surface area contributed by atoms with Crippen LogP contribution in [0.1, 0.15) is 13.8 Å². The predicted octanol–water partition coefficient (Wildman–Crippen LogP) is 1.30. The van der Waals surface area contributed by atoms with E-state index in [1.807, 2.05) is 13.8 Å². The molecule has 1 atom stereocenters. The van der Waals surface area contributed by atoms with Crippen LogP contribution in [0, 0.1) is 16.0 Å². The van der Waals surface area contributed by atoms with E-state index in [1.54, 1.807) is 0 Å². The van der Waals surface area contributed by atoms with E-state index < -0.39 is 11.0 Å². The molecule has 0 saturated heterocycles. The first-order valence-corrected chi connectivity index (χ1v) is 6.42. The lowest BCUT2D eigenvalue weighted by molar-refractivity contribution is -0.384. The number of anilines is 1. The third kappa shape index (κ3) is 2.44. The summed E-state index contributed by atoms with van der Waals surface area (Å²) >= 11 is 0. The average Bonchev–Trinajstić information content (AvgIpc) is 2.40. The first kappa shape index (κ1) is 14.3. The zero-order chi connectivity index (χ0) is 14.9. The molecule has 108 valence electrons. The molecule has 1 unspecified atom stereocenters. The maximum Gasteiger partial charge on any atom is 0.271 e. The minimum Gasteiger partial charge on any atom is -0.478 e. The van der Waals surface area contributed by atoms with Crippen LogP contribution < -0.4 is 15.4 Å². The quantitative estimate of drug-likeness (QED) is 0.661. The Morgan fingerprint density at radius 1 is 1.50 bits per heavy atom. The van der Waals surface area contributed by atoms with Crippen molar-refractivity contribution in [2.45, 2.75) is 20.0 Å². The van der Waals surface area contributed by atoms with E-state index in [0.717, 1.165) is 0 Å². The van der Waals surface area contributed by atoms with Crippen molar-refractivity contribution in [1.82, 2.24) is 0 Å². The Bertz CT molecular complexity index is 544. The number of carbonyl (C=O) groups excluding carboxylic acids is 1. The Balaban J connectivity index is 2.48. The number of amides is 1. The Kier molecular flexibility index (Phi) is 3.89. The summed E-state index contributed by atoms with van der Waals surface area (Å²) in [6.07, 6.45) is -0.587. The number of nitrogens with zero attached hydrogens (tertiary/aromatic N) is 2. The maximum atomic E-state index is 12.4. The molecule has 1 heterocycles. The third-order valence-corrected chi connectivity index (χ3v) is 3.17. The smallest absolute Gasteiger partial charge is 0.271 e. The van der Waals surface area contributed by atoms with E-state index >= 15 is 0 Å². The van der Waals surface area contributed by atoms with Crippen LogP contribution in [-0.4, -0.2) is 30.0 Å². The van der Waals surface area contributed by atoms with Crippen molar-refractivity contribution in [3.63, 3.8) is 0 Å². The molecule has 7 heteroatoms. The number of carbonyl (C=O) groups is 1. The average molecular weight is 279 g/mol. The van der Waals surface area contributed by atoms with Gasteiger partial charge in [0.25, 0.3) is 11.6 Å². The van der Waals surface area contributed by atoms with Gasteiger partial charge >= 0.3 is 0 Å². The fraction of sp³-hybridized carbons (Fsp3) is 0.462. The minimum absolute atomic E-state index is 0.00566. The molecule has 0 aliphatic carbocycles. The molecular weight excluding hydrogens is 262 g/mol. The molecule has 2 rings (SSSR count). The number of benzene rings is 1. The number of non-ortho nitro benzene ring substituents is 1. The zero-order valence-corrected chi connectivity index (χ0v) is 11.4. The fourth-order valence-electron chi connectivity index (χ4n) is 2.17. The van der Waals surface area contributed by atoms with Crippen LogP contribution in [0.4, 0.5) is 11.4 Å². The van der Waals surface area contributed by atoms with Crippen molar-refractivity contribution in [3.05, 3.63) is 28.3 Å². The third-order valence-electron chi connectivity index (χ3n) is 3.17. The van der Waals surface area contributed by atoms with Gasteiger partial charge in [-0.15, -0.1) is 0 Å². The summed E-state index contributed by atoms with van der Waals surface area (Å²) in [7, 11) is 0. The SMILES string of the molecule is CC(C)C1Oc2ccc([N+](=O)[O-])cc2N(CCN)C1=O. The van der Waals surface area contributed by atoms with Crippen LogP contribution >= 0.6 is 0 Å². The fourth-order valence-corrected chi connectivity index (χ4v) is 2.17. The summed E-state index contributed by atoms with van der Waals surface area (Å²) in [4.78, 5) is 24.2. The molecule has 0 fully saturated rings. The van der Waals surface area contributed by atoms with Gasteiger partial charge in [-0.25, -0.2) is 0 Å². The van der Waals surface area contributed by atoms with Crippen LogP contribution in [0.5, 0.6) is 5.75 Å². The second-order valence-corrected chi connectivity index (χ2v) is 4.97. The van der Waals surface area contributed by atoms with Crippen LogP contribution in [0.25, 0.3) is 0 Å². The van der Waals surface area contributed by atoms with E-state index in [-0.39, 0.29) is 24.1 Å². The largest absolute Gasteiger partial charge is 0.478 e. The van der Waals surface area contributed by atoms with Gasteiger partial charge in [-0.3, -0.25) is 14.9 Å². The Hall–Kier alpha value is -2.15. The molecule has 0 spiro atoms. The van der Waals surface area contributed by atoms with Gasteiger partial charge in [-0.2, -0.15) is 0 Å². The van der Waals surface area contributed by atoms with Crippen LogP contribution in [-0.2, 0) is 4.79 Å². The number of ether oxygens (including phenoxy) is 1. The molecule has 20 heavy (non-hydrogen) atoms. The Labute approximate surface area is 116 Å². The maximum absolute atomic E-state index is 12.4. The lowest BCUT2D eigenvalue weighted by atomic mass is 10.0. The van der Waals surface area contributed by atoms with E-state index in [4.69, 9.17) is 10.5 Å². The van der Waals surface area contributed by atoms with E-state index in [2.05, 4.69) is 0 Å². The van der Waals surface area contributed by atoms with Gasteiger partial charge < -0.3 is 15.4 Å². The Morgan fingerprint density at radius 3 is 2.75 bits per heavy atom. The summed E-state index contributed by atoms with van der Waals surface area (Å²) in [5.41, 5.74) is 5.86. The van der Waals surface area contributed by atoms with Crippen molar-refractivity contribution >= 4 is 17.3 Å². The molecule has 1 aliphatic heterocycles. The van der Waals surface area contributed by atoms with E-state index in [0.29, 0.717) is 18.0 Å². The number of rotatable bonds is 4. The van der Waals surface area contributed by atoms with Crippen LogP contribution in [0.15, 0.2) is 18.2 Å². The summed E-state index contributed by atoms with van der Waals surface area (Å²) in [6.45, 7) is 4.36. The van der Waals surface area contributed by atoms with Gasteiger partial charge in [-0.1, -0.05) is 13.8 Å². The normalized spacial score (nSPS) is 17.9. The number of nitro groups is 1. The van der Waals surface area contributed by atoms with Gasteiger partial charge in [0.1, 0.15) is 5.75 Å². The van der Waals surface area contributed by atoms with Crippen LogP contribution in [0.2, 0.25) is 0 Å². The van der Waals surface area contributed by atoms with Crippen molar-refractivity contribution < 1.29 is 14.5 Å². The topological polar surface area (TPSA) is 98.7 Å². The molecule has 1 aromatic carbocycles. The highest BCUT2D eigenvalue weighted by Crippen LogP contribution is 2.37. The summed E-state index contributed by atoms with van der Waals surface area (Å²) in [5.74, 6) is 0.270. The monoisotopic (exact) mass is 279 g/mol. The van der Waals surface area contributed by atoms with Gasteiger partial charge in [0.05, 0.1) is 10.6 Å². The first-order valence-electron chi connectivity index (χ1n) is 6.42. The van der Waals surface area contributed by atoms with Crippen molar-refractivity contribution in [2.75, 3.05) is 18.0 Å². The highest BCUT2D eigenvalue weighted by molar-refractivity contribution is 6.00. The van der Waals surface area contributed by atoms with Crippen molar-refractivity contribution in [3.8, 4) is 5.75 Å². The predicted molar refractivity (Wildman–Crippen MR) is 73.8 cm³/mol. The van der Waals surface area contributed by atoms with E-state index in [9.17, 15) is 14.9 Å². The molecule has 1 amide bonds. The summed E-state index contributed by atoms with van der Waals surface area (Å²) in [6, 6.07) is 4.24. The molecule has 1 aromatic rings. The molecule has 1 aliphatic rings. The Morgan fingerprint density at radius 2 is 2.20 bits per heavy atom. The summed E-state index contributed by atoms with van der Waals surface area (Å²) in [5, 5.41) is 10.8. The zero-order valence-electron chi connectivity index (χ0n) is 11.4. The highest BCUT2D eigenvalue weighted by Gasteiger charge is 2.36. The lowest BCUT2D eigenvalue weighted by Gasteiger charge is -2.35. The van der Waals surface area contributed by atoms with Crippen molar-refractivity contribution in [2.24, 2.45) is 11.7 Å². The second kappa shape index (κ2) is 5.46. The number of hydrogen-bond acceptors (Lipinski definition) is 5. The minimum atomic E-state index is -0.587. The number of fused-ring (bicyclic) bond motifs is 1. The molecule has 7 nitrogen and oxygen atoms in total. The van der Waals surface area contributed by atoms with E-state index in [1.165, 1.54) is 23.1 Å². The molecule has 0 saturated carbocycles. The number of nitrogens with two attached hydrogens (primary N) is 1. The van der Waals surface area contributed by atoms with Crippen LogP contribution in [0.3, 0.4) is 0 Å². The van der Waals surface area contributed by atoms with Gasteiger partial charge in [0.2, 0.25) is 0 Å². The number of nitro benzene ring substituents is 1. The first-order chi connectivity index (χ1) is 9.45. The molecular formula is C13H17N3O4. The summed E-state index contributed by atoms with van der Waals surface area (Å²) < 4.78 is 5.66. The van der Waals surface area contributed by atoms with Gasteiger partial charge in [-0.05, 0) is 12.0 Å².